The van der Waals surface area contributed by atoms with Crippen molar-refractivity contribution in [3.8, 4) is 0 Å². The molecule has 0 fully saturated rings. The Labute approximate surface area is 214 Å². The fourth-order valence-electron chi connectivity index (χ4n) is 5.17. The van der Waals surface area contributed by atoms with E-state index >= 15 is 0 Å². The first kappa shape index (κ1) is 23.8. The van der Waals surface area contributed by atoms with Gasteiger partial charge in [0.25, 0.3) is 0 Å². The number of nitrogens with zero attached hydrogens (tertiary/aromatic N) is 3. The third-order valence-electron chi connectivity index (χ3n) is 6.87. The van der Waals surface area contributed by atoms with Crippen molar-refractivity contribution in [2.75, 3.05) is 13.6 Å². The molecule has 4 aromatic carbocycles. The first-order valence-corrected chi connectivity index (χ1v) is 12.7. The Kier molecular flexibility index (Phi) is 7.39. The maximum absolute atomic E-state index is 4.88. The molecule has 0 N–H and O–H groups in total. The maximum atomic E-state index is 4.88. The fourth-order valence-corrected chi connectivity index (χ4v) is 5.17. The van der Waals surface area contributed by atoms with Crippen LogP contribution in [0, 0.1) is 0 Å². The highest BCUT2D eigenvalue weighted by molar-refractivity contribution is 5.50. The Morgan fingerprint density at radius 2 is 1.14 bits per heavy atom. The zero-order chi connectivity index (χ0) is 24.6. The van der Waals surface area contributed by atoms with Crippen LogP contribution in [0.25, 0.3) is 0 Å². The normalized spacial score (nSPS) is 11.6. The van der Waals surface area contributed by atoms with Crippen molar-refractivity contribution in [1.82, 2.24) is 14.5 Å². The molecule has 5 aromatic rings. The summed E-state index contributed by atoms with van der Waals surface area (Å²) in [6, 6.07) is 42.9. The van der Waals surface area contributed by atoms with Crippen molar-refractivity contribution in [1.29, 1.82) is 0 Å². The van der Waals surface area contributed by atoms with Gasteiger partial charge in [0.05, 0.1) is 12.0 Å². The minimum Gasteiger partial charge on any atom is -0.319 e. The highest BCUT2D eigenvalue weighted by atomic mass is 15.1. The summed E-state index contributed by atoms with van der Waals surface area (Å²) in [5.74, 6) is 0. The third-order valence-corrected chi connectivity index (χ3v) is 6.87. The van der Waals surface area contributed by atoms with Gasteiger partial charge in [-0.25, -0.2) is 4.98 Å². The smallest absolute Gasteiger partial charge is 0.121 e. The van der Waals surface area contributed by atoms with Crippen molar-refractivity contribution in [2.45, 2.75) is 24.9 Å². The van der Waals surface area contributed by atoms with Crippen LogP contribution in [0.5, 0.6) is 0 Å². The van der Waals surface area contributed by atoms with Crippen molar-refractivity contribution < 1.29 is 0 Å². The molecule has 3 heteroatoms. The van der Waals surface area contributed by atoms with Gasteiger partial charge in [-0.05, 0) is 48.7 Å². The van der Waals surface area contributed by atoms with Gasteiger partial charge in [0.15, 0.2) is 0 Å². The summed E-state index contributed by atoms with van der Waals surface area (Å²) >= 11 is 0. The van der Waals surface area contributed by atoms with Gasteiger partial charge >= 0.3 is 0 Å². The average Bonchev–Trinajstić information content (AvgIpc) is 3.40. The molecule has 0 aliphatic rings. The van der Waals surface area contributed by atoms with Gasteiger partial charge in [0, 0.05) is 12.7 Å². The predicted molar refractivity (Wildman–Crippen MR) is 148 cm³/mol. The van der Waals surface area contributed by atoms with E-state index in [0.717, 1.165) is 31.6 Å². The molecule has 0 atom stereocenters. The molecule has 0 aliphatic carbocycles. The lowest BCUT2D eigenvalue weighted by atomic mass is 9.77. The Morgan fingerprint density at radius 3 is 1.64 bits per heavy atom. The lowest BCUT2D eigenvalue weighted by Crippen LogP contribution is -2.36. The summed E-state index contributed by atoms with van der Waals surface area (Å²) in [4.78, 5) is 7.27. The molecular formula is C33H33N3. The third kappa shape index (κ3) is 5.02. The van der Waals surface area contributed by atoms with Crippen molar-refractivity contribution in [2.24, 2.45) is 0 Å². The molecule has 1 aromatic heterocycles. The number of aryl methyl sites for hydroxylation is 1. The molecule has 0 spiro atoms. The zero-order valence-electron chi connectivity index (χ0n) is 20.9. The second-order valence-electron chi connectivity index (χ2n) is 9.41. The molecule has 5 rings (SSSR count). The van der Waals surface area contributed by atoms with Crippen LogP contribution in [0.2, 0.25) is 0 Å². The summed E-state index contributed by atoms with van der Waals surface area (Å²) in [5.41, 5.74) is 5.62. The van der Waals surface area contributed by atoms with Crippen molar-refractivity contribution >= 4 is 0 Å². The topological polar surface area (TPSA) is 21.1 Å². The van der Waals surface area contributed by atoms with Crippen LogP contribution in [0.15, 0.2) is 134 Å². The monoisotopic (exact) mass is 471 g/mol. The van der Waals surface area contributed by atoms with E-state index in [4.69, 9.17) is 4.98 Å². The maximum Gasteiger partial charge on any atom is 0.121 e. The van der Waals surface area contributed by atoms with Gasteiger partial charge < -0.3 is 9.47 Å². The highest BCUT2D eigenvalue weighted by Gasteiger charge is 2.38. The summed E-state index contributed by atoms with van der Waals surface area (Å²) < 4.78 is 2.30. The number of benzene rings is 4. The second-order valence-corrected chi connectivity index (χ2v) is 9.41. The van der Waals surface area contributed by atoms with Gasteiger partial charge in [-0.3, -0.25) is 0 Å². The highest BCUT2D eigenvalue weighted by Crippen LogP contribution is 2.40. The number of imidazole rings is 1. The Balaban J connectivity index is 1.44. The van der Waals surface area contributed by atoms with E-state index in [0.29, 0.717) is 0 Å². The fraction of sp³-hybridized carbons (Fsp3) is 0.182. The van der Waals surface area contributed by atoms with E-state index in [1.165, 1.54) is 22.3 Å². The van der Waals surface area contributed by atoms with E-state index in [1.807, 2.05) is 6.33 Å². The molecule has 0 aliphatic heterocycles. The summed E-state index contributed by atoms with van der Waals surface area (Å²) in [6.07, 6.45) is 6.26. The van der Waals surface area contributed by atoms with Crippen molar-refractivity contribution in [3.05, 3.63) is 162 Å². The van der Waals surface area contributed by atoms with Gasteiger partial charge in [-0.2, -0.15) is 0 Å². The Morgan fingerprint density at radius 1 is 0.667 bits per heavy atom. The molecule has 0 saturated heterocycles. The molecule has 0 saturated carbocycles. The summed E-state index contributed by atoms with van der Waals surface area (Å²) in [5, 5.41) is 0. The van der Waals surface area contributed by atoms with Crippen LogP contribution in [-0.4, -0.2) is 28.0 Å². The first-order valence-electron chi connectivity index (χ1n) is 12.7. The van der Waals surface area contributed by atoms with Gasteiger partial charge in [-0.15, -0.1) is 0 Å². The quantitative estimate of drug-likeness (QED) is 0.209. The van der Waals surface area contributed by atoms with Crippen LogP contribution < -0.4 is 0 Å². The lowest BCUT2D eigenvalue weighted by Gasteiger charge is -2.37. The minimum absolute atomic E-state index is 0.501. The van der Waals surface area contributed by atoms with Gasteiger partial charge in [0.2, 0.25) is 0 Å². The van der Waals surface area contributed by atoms with Gasteiger partial charge in [0.1, 0.15) is 5.54 Å². The molecule has 180 valence electrons. The van der Waals surface area contributed by atoms with E-state index in [1.54, 1.807) is 0 Å². The van der Waals surface area contributed by atoms with Crippen LogP contribution in [0.3, 0.4) is 0 Å². The zero-order valence-corrected chi connectivity index (χ0v) is 20.9. The standard InChI is InChI=1S/C33H33N3/c1-35(25-28-15-6-2-7-16-28)24-14-23-32-26-36(27-34-32)33(29-17-8-3-9-18-29,30-19-10-4-11-20-30)31-21-12-5-13-22-31/h2-13,15-22,26-27H,14,23-25H2,1H3. The number of hydrogen-bond acceptors (Lipinski definition) is 2. The van der Waals surface area contributed by atoms with E-state index < -0.39 is 5.54 Å². The SMILES string of the molecule is CN(CCCc1cn(C(c2ccccc2)(c2ccccc2)c2ccccc2)cn1)Cc1ccccc1. The largest absolute Gasteiger partial charge is 0.319 e. The predicted octanol–water partition coefficient (Wildman–Crippen LogP) is 6.79. The molecule has 0 radical (unpaired) electrons. The summed E-state index contributed by atoms with van der Waals surface area (Å²) in [6.45, 7) is 2.00. The second kappa shape index (κ2) is 11.2. The first-order chi connectivity index (χ1) is 17.8. The van der Waals surface area contributed by atoms with Crippen LogP contribution in [0.1, 0.15) is 34.4 Å². The van der Waals surface area contributed by atoms with Gasteiger partial charge in [-0.1, -0.05) is 121 Å². The Hall–Kier alpha value is -3.95. The number of aromatic nitrogens is 2. The molecule has 0 bridgehead atoms. The molecule has 0 unspecified atom stereocenters. The molecule has 1 heterocycles. The number of rotatable bonds is 10. The molecule has 0 amide bonds. The lowest BCUT2D eigenvalue weighted by molar-refractivity contribution is 0.322. The van der Waals surface area contributed by atoms with E-state index in [-0.39, 0.29) is 0 Å². The van der Waals surface area contributed by atoms with E-state index in [9.17, 15) is 0 Å². The molecule has 36 heavy (non-hydrogen) atoms. The Bertz CT molecular complexity index is 1230. The number of hydrogen-bond donors (Lipinski definition) is 0. The average molecular weight is 472 g/mol. The van der Waals surface area contributed by atoms with E-state index in [2.05, 4.69) is 144 Å². The van der Waals surface area contributed by atoms with Crippen LogP contribution in [-0.2, 0) is 18.5 Å². The van der Waals surface area contributed by atoms with Crippen LogP contribution in [0.4, 0.5) is 0 Å². The van der Waals surface area contributed by atoms with Crippen LogP contribution >= 0.6 is 0 Å². The summed E-state index contributed by atoms with van der Waals surface area (Å²) in [7, 11) is 2.19. The van der Waals surface area contributed by atoms with Crippen molar-refractivity contribution in [3.63, 3.8) is 0 Å². The molecule has 3 nitrogen and oxygen atoms in total. The minimum atomic E-state index is -0.501. The molecular weight excluding hydrogens is 438 g/mol.